The maximum atomic E-state index is 12.6. The van der Waals surface area contributed by atoms with Gasteiger partial charge in [-0.2, -0.15) is 13.7 Å². The van der Waals surface area contributed by atoms with Crippen LogP contribution >= 0.6 is 0 Å². The van der Waals surface area contributed by atoms with Crippen LogP contribution in [0.4, 0.5) is 3.89 Å². The molecule has 0 aliphatic carbocycles. The van der Waals surface area contributed by atoms with E-state index >= 15 is 0 Å². The van der Waals surface area contributed by atoms with E-state index in [1.165, 1.54) is 12.1 Å². The molecule has 0 aliphatic heterocycles. The first-order valence-electron chi connectivity index (χ1n) is 3.45. The van der Waals surface area contributed by atoms with E-state index in [-0.39, 0.29) is 12.0 Å². The summed E-state index contributed by atoms with van der Waals surface area (Å²) in [6.07, 6.45) is -0.112. The molecule has 0 unspecified atom stereocenters. The molecular formula is C8H6FNO2S. The van der Waals surface area contributed by atoms with Gasteiger partial charge in [-0.05, 0) is 11.6 Å². The molecule has 68 valence electrons. The van der Waals surface area contributed by atoms with Crippen molar-refractivity contribution in [2.75, 3.05) is 0 Å². The number of hydrogen-bond donors (Lipinski definition) is 0. The second-order valence-electron chi connectivity index (χ2n) is 2.38. The highest BCUT2D eigenvalue weighted by Gasteiger charge is 2.15. The van der Waals surface area contributed by atoms with Gasteiger partial charge in [-0.15, -0.1) is 3.89 Å². The van der Waals surface area contributed by atoms with E-state index in [0.717, 1.165) is 6.07 Å². The molecule has 0 N–H and O–H groups in total. The van der Waals surface area contributed by atoms with Gasteiger partial charge in [0, 0.05) is 0 Å². The summed E-state index contributed by atoms with van der Waals surface area (Å²) in [4.78, 5) is -0.420. The Labute approximate surface area is 75.6 Å². The third-order valence-corrected chi connectivity index (χ3v) is 2.43. The van der Waals surface area contributed by atoms with Crippen molar-refractivity contribution in [2.24, 2.45) is 0 Å². The Balaban J connectivity index is 3.30. The minimum absolute atomic E-state index is 0.112. The maximum Gasteiger partial charge on any atom is 0.332 e. The van der Waals surface area contributed by atoms with Crippen LogP contribution in [0.2, 0.25) is 0 Å². The monoisotopic (exact) mass is 199 g/mol. The first-order chi connectivity index (χ1) is 6.05. The van der Waals surface area contributed by atoms with Crippen LogP contribution in [-0.4, -0.2) is 8.42 Å². The quantitative estimate of drug-likeness (QED) is 0.676. The van der Waals surface area contributed by atoms with E-state index in [4.69, 9.17) is 5.26 Å². The fourth-order valence-electron chi connectivity index (χ4n) is 0.973. The van der Waals surface area contributed by atoms with Crippen molar-refractivity contribution in [3.05, 3.63) is 29.8 Å². The highest BCUT2D eigenvalue weighted by Crippen LogP contribution is 2.17. The van der Waals surface area contributed by atoms with E-state index in [2.05, 4.69) is 0 Å². The van der Waals surface area contributed by atoms with E-state index in [0.29, 0.717) is 0 Å². The molecule has 0 atom stereocenters. The lowest BCUT2D eigenvalue weighted by molar-refractivity contribution is 0.551. The lowest BCUT2D eigenvalue weighted by atomic mass is 10.2. The average Bonchev–Trinajstić information content (AvgIpc) is 2.04. The Kier molecular flexibility index (Phi) is 2.63. The van der Waals surface area contributed by atoms with Gasteiger partial charge in [0.15, 0.2) is 0 Å². The first-order valence-corrected chi connectivity index (χ1v) is 4.83. The smallest absolute Gasteiger partial charge is 0.198 e. The molecule has 0 saturated heterocycles. The highest BCUT2D eigenvalue weighted by atomic mass is 32.3. The number of hydrogen-bond acceptors (Lipinski definition) is 3. The Bertz CT molecular complexity index is 447. The molecule has 0 radical (unpaired) electrons. The van der Waals surface area contributed by atoms with Crippen LogP contribution in [0.1, 0.15) is 5.56 Å². The Morgan fingerprint density at radius 2 is 2.00 bits per heavy atom. The second-order valence-corrected chi connectivity index (χ2v) is 3.70. The molecule has 1 rings (SSSR count). The molecule has 0 aromatic heterocycles. The summed E-state index contributed by atoms with van der Waals surface area (Å²) in [7, 11) is -4.71. The van der Waals surface area contributed by atoms with Gasteiger partial charge in [0.2, 0.25) is 0 Å². The van der Waals surface area contributed by atoms with E-state index < -0.39 is 15.1 Å². The van der Waals surface area contributed by atoms with Gasteiger partial charge < -0.3 is 0 Å². The van der Waals surface area contributed by atoms with Crippen LogP contribution in [0, 0.1) is 11.3 Å². The van der Waals surface area contributed by atoms with Crippen molar-refractivity contribution >= 4 is 10.2 Å². The zero-order valence-electron chi connectivity index (χ0n) is 6.57. The minimum Gasteiger partial charge on any atom is -0.198 e. The largest absolute Gasteiger partial charge is 0.332 e. The van der Waals surface area contributed by atoms with Crippen LogP contribution in [0.15, 0.2) is 29.2 Å². The van der Waals surface area contributed by atoms with E-state index in [1.54, 1.807) is 12.1 Å². The van der Waals surface area contributed by atoms with Gasteiger partial charge in [0.05, 0.1) is 12.5 Å². The molecule has 0 amide bonds. The summed E-state index contributed by atoms with van der Waals surface area (Å²) < 4.78 is 33.7. The third kappa shape index (κ3) is 2.26. The van der Waals surface area contributed by atoms with Gasteiger partial charge in [-0.3, -0.25) is 0 Å². The van der Waals surface area contributed by atoms with Crippen LogP contribution < -0.4 is 0 Å². The fraction of sp³-hybridized carbons (Fsp3) is 0.125. The van der Waals surface area contributed by atoms with Crippen molar-refractivity contribution in [1.29, 1.82) is 5.26 Å². The molecular weight excluding hydrogens is 193 g/mol. The highest BCUT2D eigenvalue weighted by molar-refractivity contribution is 7.86. The summed E-state index contributed by atoms with van der Waals surface area (Å²) in [5.74, 6) is 0. The number of rotatable bonds is 2. The molecule has 0 bridgehead atoms. The van der Waals surface area contributed by atoms with Crippen molar-refractivity contribution in [1.82, 2.24) is 0 Å². The van der Waals surface area contributed by atoms with Crippen molar-refractivity contribution in [3.8, 4) is 6.07 Å². The molecule has 0 saturated carbocycles. The minimum atomic E-state index is -4.71. The van der Waals surface area contributed by atoms with Gasteiger partial charge in [-0.25, -0.2) is 0 Å². The van der Waals surface area contributed by atoms with Crippen LogP contribution in [-0.2, 0) is 16.6 Å². The normalized spacial score (nSPS) is 10.8. The Morgan fingerprint density at radius 1 is 1.38 bits per heavy atom. The summed E-state index contributed by atoms with van der Waals surface area (Å²) >= 11 is 0. The molecule has 5 heteroatoms. The predicted molar refractivity (Wildman–Crippen MR) is 44.1 cm³/mol. The number of benzene rings is 1. The van der Waals surface area contributed by atoms with Crippen molar-refractivity contribution < 1.29 is 12.3 Å². The Morgan fingerprint density at radius 3 is 2.54 bits per heavy atom. The molecule has 0 aliphatic rings. The van der Waals surface area contributed by atoms with Crippen LogP contribution in [0.5, 0.6) is 0 Å². The summed E-state index contributed by atoms with van der Waals surface area (Å²) in [5.41, 5.74) is 0.188. The maximum absolute atomic E-state index is 12.6. The number of nitriles is 1. The van der Waals surface area contributed by atoms with Gasteiger partial charge in [0.25, 0.3) is 0 Å². The molecule has 3 nitrogen and oxygen atoms in total. The molecule has 0 fully saturated rings. The molecule has 1 aromatic rings. The topological polar surface area (TPSA) is 57.9 Å². The molecule has 13 heavy (non-hydrogen) atoms. The van der Waals surface area contributed by atoms with Crippen LogP contribution in [0.25, 0.3) is 0 Å². The van der Waals surface area contributed by atoms with Crippen LogP contribution in [0.3, 0.4) is 0 Å². The standard InChI is InChI=1S/C8H6FNO2S/c9-13(11,12)8-4-2-1-3-7(8)5-6-10/h1-4H,5H2. The predicted octanol–water partition coefficient (Wildman–Crippen LogP) is 1.41. The fourth-order valence-corrected chi connectivity index (χ4v) is 1.67. The van der Waals surface area contributed by atoms with Gasteiger partial charge in [0.1, 0.15) is 4.90 Å². The summed E-state index contributed by atoms with van der Waals surface area (Å²) in [6, 6.07) is 7.29. The van der Waals surface area contributed by atoms with E-state index in [9.17, 15) is 12.3 Å². The average molecular weight is 199 g/mol. The SMILES string of the molecule is N#CCc1ccccc1S(=O)(=O)F. The second kappa shape index (κ2) is 3.54. The molecule has 1 aromatic carbocycles. The summed E-state index contributed by atoms with van der Waals surface area (Å²) in [5, 5.41) is 8.34. The van der Waals surface area contributed by atoms with Crippen molar-refractivity contribution in [3.63, 3.8) is 0 Å². The Hall–Kier alpha value is -1.41. The summed E-state index contributed by atoms with van der Waals surface area (Å²) in [6.45, 7) is 0. The molecule has 0 spiro atoms. The first kappa shape index (κ1) is 9.68. The molecule has 0 heterocycles. The van der Waals surface area contributed by atoms with Gasteiger partial charge in [-0.1, -0.05) is 18.2 Å². The van der Waals surface area contributed by atoms with E-state index in [1.807, 2.05) is 0 Å². The lowest BCUT2D eigenvalue weighted by Crippen LogP contribution is -1.97. The van der Waals surface area contributed by atoms with Gasteiger partial charge >= 0.3 is 10.2 Å². The third-order valence-electron chi connectivity index (χ3n) is 1.50. The zero-order chi connectivity index (χ0) is 9.90. The zero-order valence-corrected chi connectivity index (χ0v) is 7.38. The number of nitrogens with zero attached hydrogens (tertiary/aromatic N) is 1. The number of halogens is 1. The lowest BCUT2D eigenvalue weighted by Gasteiger charge is -1.99. The van der Waals surface area contributed by atoms with Crippen molar-refractivity contribution in [2.45, 2.75) is 11.3 Å².